The van der Waals surface area contributed by atoms with Crippen molar-refractivity contribution in [1.29, 1.82) is 0 Å². The van der Waals surface area contributed by atoms with Gasteiger partial charge in [-0.1, -0.05) is 60.7 Å². The first-order valence-corrected chi connectivity index (χ1v) is 12.0. The van der Waals surface area contributed by atoms with Crippen molar-refractivity contribution in [3.8, 4) is 0 Å². The van der Waals surface area contributed by atoms with E-state index < -0.39 is 0 Å². The van der Waals surface area contributed by atoms with Crippen molar-refractivity contribution in [3.05, 3.63) is 121 Å². The van der Waals surface area contributed by atoms with Gasteiger partial charge in [0, 0.05) is 24.0 Å². The molecule has 0 aromatic heterocycles. The molecular formula is C31H33N3. The smallest absolute Gasteiger partial charge is 0.0796 e. The summed E-state index contributed by atoms with van der Waals surface area (Å²) in [7, 11) is 2.17. The molecule has 0 bridgehead atoms. The number of nitrogens with zero attached hydrogens (tertiary/aromatic N) is 3. The molecule has 1 atom stereocenters. The fourth-order valence-corrected chi connectivity index (χ4v) is 5.12. The number of likely N-dealkylation sites (N-methyl/N-ethyl adjacent to an activating group) is 1. The lowest BCUT2D eigenvalue weighted by Gasteiger charge is -2.45. The Kier molecular flexibility index (Phi) is 5.36. The summed E-state index contributed by atoms with van der Waals surface area (Å²) in [6.07, 6.45) is 9.28. The Balaban J connectivity index is 1.66. The number of hydrogen-bond donors (Lipinski definition) is 0. The number of hydrogen-bond acceptors (Lipinski definition) is 3. The molecule has 0 saturated carbocycles. The van der Waals surface area contributed by atoms with Crippen LogP contribution in [0.1, 0.15) is 27.7 Å². The minimum Gasteiger partial charge on any atom is -0.341 e. The van der Waals surface area contributed by atoms with E-state index in [9.17, 15) is 0 Å². The highest BCUT2D eigenvalue weighted by molar-refractivity contribution is 5.82. The third kappa shape index (κ3) is 3.71. The van der Waals surface area contributed by atoms with E-state index in [-0.39, 0.29) is 11.1 Å². The summed E-state index contributed by atoms with van der Waals surface area (Å²) in [6.45, 7) is 9.12. The number of allylic oxidation sites excluding steroid dienone is 2. The highest BCUT2D eigenvalue weighted by Gasteiger charge is 2.36. The molecular weight excluding hydrogens is 414 g/mol. The van der Waals surface area contributed by atoms with Gasteiger partial charge in [0.1, 0.15) is 0 Å². The fraction of sp³-hybridized carbons (Fsp3) is 0.226. The molecule has 0 spiro atoms. The van der Waals surface area contributed by atoms with Gasteiger partial charge in [-0.05, 0) is 76.2 Å². The zero-order valence-corrected chi connectivity index (χ0v) is 20.7. The van der Waals surface area contributed by atoms with Gasteiger partial charge in [-0.25, -0.2) is 0 Å². The topological polar surface area (TPSA) is 9.72 Å². The van der Waals surface area contributed by atoms with Gasteiger partial charge in [0.25, 0.3) is 0 Å². The molecule has 1 heterocycles. The number of anilines is 4. The second-order valence-electron chi connectivity index (χ2n) is 10.2. The van der Waals surface area contributed by atoms with Crippen molar-refractivity contribution < 1.29 is 0 Å². The Morgan fingerprint density at radius 2 is 1.12 bits per heavy atom. The van der Waals surface area contributed by atoms with E-state index in [0.717, 1.165) is 11.4 Å². The molecule has 3 nitrogen and oxygen atoms in total. The number of para-hydroxylation sites is 4. The molecule has 1 aliphatic carbocycles. The number of benzene rings is 3. The van der Waals surface area contributed by atoms with Crippen molar-refractivity contribution in [2.75, 3.05) is 21.7 Å². The van der Waals surface area contributed by atoms with Gasteiger partial charge in [-0.2, -0.15) is 0 Å². The molecule has 34 heavy (non-hydrogen) atoms. The minimum atomic E-state index is -0.364. The highest BCUT2D eigenvalue weighted by atomic mass is 15.3. The summed E-state index contributed by atoms with van der Waals surface area (Å²) < 4.78 is 0. The number of rotatable bonds is 3. The Morgan fingerprint density at radius 1 is 0.647 bits per heavy atom. The third-order valence-electron chi connectivity index (χ3n) is 6.69. The van der Waals surface area contributed by atoms with E-state index in [4.69, 9.17) is 0 Å². The molecule has 3 aromatic rings. The Morgan fingerprint density at radius 3 is 1.65 bits per heavy atom. The van der Waals surface area contributed by atoms with E-state index >= 15 is 0 Å². The lowest BCUT2D eigenvalue weighted by atomic mass is 9.96. The van der Waals surface area contributed by atoms with E-state index in [1.54, 1.807) is 0 Å². The van der Waals surface area contributed by atoms with Crippen LogP contribution in [0.25, 0.3) is 0 Å². The average Bonchev–Trinajstić information content (AvgIpc) is 3.00. The normalized spacial score (nSPS) is 19.6. The fourth-order valence-electron chi connectivity index (χ4n) is 5.12. The summed E-state index contributed by atoms with van der Waals surface area (Å²) in [5, 5.41) is 0. The molecule has 0 amide bonds. The lowest BCUT2D eigenvalue weighted by molar-refractivity contribution is 0.541. The quantitative estimate of drug-likeness (QED) is 0.408. The van der Waals surface area contributed by atoms with Crippen LogP contribution in [0.3, 0.4) is 0 Å². The Bertz CT molecular complexity index is 1230. The van der Waals surface area contributed by atoms with Crippen molar-refractivity contribution >= 4 is 22.7 Å². The maximum absolute atomic E-state index is 2.47. The van der Waals surface area contributed by atoms with E-state index in [2.05, 4.69) is 159 Å². The van der Waals surface area contributed by atoms with Gasteiger partial charge >= 0.3 is 0 Å². The predicted octanol–water partition coefficient (Wildman–Crippen LogP) is 7.68. The maximum atomic E-state index is 2.47. The first kappa shape index (κ1) is 22.1. The van der Waals surface area contributed by atoms with E-state index in [1.165, 1.54) is 22.8 Å². The Hall–Kier alpha value is -3.72. The van der Waals surface area contributed by atoms with Crippen LogP contribution >= 0.6 is 0 Å². The van der Waals surface area contributed by atoms with Gasteiger partial charge < -0.3 is 14.7 Å². The SMILES string of the molecule is CN1C2=C(C=CC(C)(N(c3ccccc3)c3ccccc3)C=C2)N(C(C)(C)C)c2ccccc21. The summed E-state index contributed by atoms with van der Waals surface area (Å²) in [5.41, 5.74) is 6.77. The van der Waals surface area contributed by atoms with Gasteiger partial charge in [0.15, 0.2) is 0 Å². The van der Waals surface area contributed by atoms with Crippen LogP contribution in [-0.2, 0) is 0 Å². The maximum Gasteiger partial charge on any atom is 0.0796 e. The van der Waals surface area contributed by atoms with Crippen LogP contribution in [0, 0.1) is 0 Å². The molecule has 1 aliphatic heterocycles. The Labute approximate surface area is 203 Å². The second kappa shape index (κ2) is 8.25. The summed E-state index contributed by atoms with van der Waals surface area (Å²) in [6, 6.07) is 30.0. The molecule has 0 saturated heterocycles. The molecule has 2 aliphatic rings. The van der Waals surface area contributed by atoms with Crippen LogP contribution in [0.5, 0.6) is 0 Å². The first-order chi connectivity index (χ1) is 16.3. The van der Waals surface area contributed by atoms with Crippen LogP contribution in [0.2, 0.25) is 0 Å². The highest BCUT2D eigenvalue weighted by Crippen LogP contribution is 2.45. The largest absolute Gasteiger partial charge is 0.341 e. The van der Waals surface area contributed by atoms with Crippen molar-refractivity contribution in [2.24, 2.45) is 0 Å². The second-order valence-corrected chi connectivity index (χ2v) is 10.2. The minimum absolute atomic E-state index is 0.0740. The summed E-state index contributed by atoms with van der Waals surface area (Å²) in [5.74, 6) is 0. The molecule has 0 fully saturated rings. The molecule has 0 N–H and O–H groups in total. The molecule has 172 valence electrons. The molecule has 5 rings (SSSR count). The lowest BCUT2D eigenvalue weighted by Crippen LogP contribution is -2.45. The van der Waals surface area contributed by atoms with E-state index in [0.29, 0.717) is 0 Å². The molecule has 3 aromatic carbocycles. The zero-order chi connectivity index (χ0) is 23.9. The number of fused-ring (bicyclic) bond motifs is 1. The van der Waals surface area contributed by atoms with E-state index in [1.807, 2.05) is 0 Å². The van der Waals surface area contributed by atoms with Crippen molar-refractivity contribution in [1.82, 2.24) is 0 Å². The average molecular weight is 448 g/mol. The summed E-state index contributed by atoms with van der Waals surface area (Å²) in [4.78, 5) is 7.20. The van der Waals surface area contributed by atoms with Gasteiger partial charge in [-0.3, -0.25) is 0 Å². The van der Waals surface area contributed by atoms with Gasteiger partial charge in [-0.15, -0.1) is 0 Å². The first-order valence-electron chi connectivity index (χ1n) is 12.0. The molecule has 0 radical (unpaired) electrons. The van der Waals surface area contributed by atoms with Crippen LogP contribution in [0.4, 0.5) is 22.7 Å². The van der Waals surface area contributed by atoms with Crippen LogP contribution < -0.4 is 14.7 Å². The zero-order valence-electron chi connectivity index (χ0n) is 20.7. The molecule has 1 unspecified atom stereocenters. The van der Waals surface area contributed by atoms with Crippen LogP contribution in [-0.4, -0.2) is 18.1 Å². The van der Waals surface area contributed by atoms with Crippen molar-refractivity contribution in [3.63, 3.8) is 0 Å². The summed E-state index contributed by atoms with van der Waals surface area (Å²) >= 11 is 0. The van der Waals surface area contributed by atoms with Gasteiger partial charge in [0.05, 0.1) is 28.3 Å². The monoisotopic (exact) mass is 447 g/mol. The van der Waals surface area contributed by atoms with Crippen molar-refractivity contribution in [2.45, 2.75) is 38.8 Å². The predicted molar refractivity (Wildman–Crippen MR) is 146 cm³/mol. The van der Waals surface area contributed by atoms with Crippen LogP contribution in [0.15, 0.2) is 121 Å². The van der Waals surface area contributed by atoms with Gasteiger partial charge in [0.2, 0.25) is 0 Å². The third-order valence-corrected chi connectivity index (χ3v) is 6.69. The standard InChI is InChI=1S/C31H33N3/c1-30(2,3)34-28-19-13-12-18-26(28)32(5)27-20-22-31(4,23-21-29(27)34)33(24-14-8-6-9-15-24)25-16-10-7-11-17-25/h6-23H,1-5H3. The molecule has 3 heteroatoms.